The van der Waals surface area contributed by atoms with Gasteiger partial charge in [0, 0.05) is 10.9 Å². The van der Waals surface area contributed by atoms with Crippen molar-refractivity contribution < 1.29 is 4.79 Å². The molecule has 0 saturated carbocycles. The lowest BCUT2D eigenvalue weighted by atomic mass is 10.2. The van der Waals surface area contributed by atoms with Gasteiger partial charge in [-0.25, -0.2) is 9.78 Å². The molecule has 0 aliphatic carbocycles. The molecule has 4 aromatic rings. The molecule has 2 aromatic carbocycles. The van der Waals surface area contributed by atoms with Gasteiger partial charge in [-0.15, -0.1) is 16.4 Å². The van der Waals surface area contributed by atoms with Crippen LogP contribution in [0.2, 0.25) is 0 Å². The summed E-state index contributed by atoms with van der Waals surface area (Å²) in [6.07, 6.45) is 0. The number of aromatic amines is 1. The zero-order valence-corrected chi connectivity index (χ0v) is 14.2. The molecule has 26 heavy (non-hydrogen) atoms. The van der Waals surface area contributed by atoms with Crippen molar-refractivity contribution in [2.75, 3.05) is 5.32 Å². The highest BCUT2D eigenvalue weighted by Gasteiger charge is 2.16. The first-order valence-corrected chi connectivity index (χ1v) is 8.66. The second-order valence-corrected chi connectivity index (χ2v) is 6.24. The number of benzene rings is 2. The summed E-state index contributed by atoms with van der Waals surface area (Å²) < 4.78 is 1.15. The van der Waals surface area contributed by atoms with Crippen molar-refractivity contribution in [3.63, 3.8) is 0 Å². The number of hydrogen-bond donors (Lipinski definition) is 2. The molecule has 0 atom stereocenters. The van der Waals surface area contributed by atoms with Gasteiger partial charge in [-0.3, -0.25) is 15.1 Å². The Bertz CT molecular complexity index is 1100. The maximum Gasteiger partial charge on any atom is 0.348 e. The molecule has 0 bridgehead atoms. The summed E-state index contributed by atoms with van der Waals surface area (Å²) in [5.74, 6) is -0.596. The predicted molar refractivity (Wildman–Crippen MR) is 99.7 cm³/mol. The number of anilines is 1. The smallest absolute Gasteiger partial charge is 0.295 e. The Balaban J connectivity index is 1.55. The highest BCUT2D eigenvalue weighted by molar-refractivity contribution is 7.14. The number of carbonyl (C=O) groups excluding carboxylic acids is 1. The van der Waals surface area contributed by atoms with Crippen LogP contribution in [-0.4, -0.2) is 25.7 Å². The average molecular weight is 363 g/mol. The van der Waals surface area contributed by atoms with E-state index < -0.39 is 11.6 Å². The number of H-pyrrole nitrogens is 1. The molecule has 2 heterocycles. The Kier molecular flexibility index (Phi) is 4.16. The Morgan fingerprint density at radius 3 is 2.46 bits per heavy atom. The summed E-state index contributed by atoms with van der Waals surface area (Å²) in [6, 6.07) is 18.5. The third kappa shape index (κ3) is 3.17. The SMILES string of the molecule is O=C(Nc1nc(-c2ccccc2)cs1)c1nn(-c2ccccc2)c(=O)[nH]1. The zero-order chi connectivity index (χ0) is 17.9. The van der Waals surface area contributed by atoms with E-state index in [0.29, 0.717) is 10.8 Å². The van der Waals surface area contributed by atoms with Crippen molar-refractivity contribution >= 4 is 22.4 Å². The van der Waals surface area contributed by atoms with Gasteiger partial charge < -0.3 is 0 Å². The lowest BCUT2D eigenvalue weighted by molar-refractivity contribution is 0.101. The van der Waals surface area contributed by atoms with E-state index in [2.05, 4.69) is 20.4 Å². The van der Waals surface area contributed by atoms with Crippen molar-refractivity contribution in [3.05, 3.63) is 82.4 Å². The van der Waals surface area contributed by atoms with Crippen LogP contribution >= 0.6 is 11.3 Å². The highest BCUT2D eigenvalue weighted by Crippen LogP contribution is 2.24. The van der Waals surface area contributed by atoms with Gasteiger partial charge in [-0.05, 0) is 12.1 Å². The topological polar surface area (TPSA) is 92.7 Å². The summed E-state index contributed by atoms with van der Waals surface area (Å²) in [4.78, 5) is 31.3. The predicted octanol–water partition coefficient (Wildman–Crippen LogP) is 2.94. The Morgan fingerprint density at radius 1 is 1.04 bits per heavy atom. The van der Waals surface area contributed by atoms with Gasteiger partial charge in [-0.1, -0.05) is 48.5 Å². The maximum absolute atomic E-state index is 12.4. The van der Waals surface area contributed by atoms with Crippen molar-refractivity contribution in [1.29, 1.82) is 0 Å². The van der Waals surface area contributed by atoms with Crippen LogP contribution < -0.4 is 11.0 Å². The number of para-hydroxylation sites is 1. The van der Waals surface area contributed by atoms with Crippen molar-refractivity contribution in [2.24, 2.45) is 0 Å². The highest BCUT2D eigenvalue weighted by atomic mass is 32.1. The molecule has 0 saturated heterocycles. The van der Waals surface area contributed by atoms with E-state index in [1.165, 1.54) is 11.3 Å². The lowest BCUT2D eigenvalue weighted by Crippen LogP contribution is -2.15. The molecule has 2 aromatic heterocycles. The fourth-order valence-corrected chi connectivity index (χ4v) is 3.11. The molecule has 4 rings (SSSR count). The molecule has 0 spiro atoms. The molecule has 1 amide bonds. The summed E-state index contributed by atoms with van der Waals surface area (Å²) in [6.45, 7) is 0. The number of rotatable bonds is 4. The molecule has 0 aliphatic rings. The largest absolute Gasteiger partial charge is 0.348 e. The number of amides is 1. The van der Waals surface area contributed by atoms with Crippen LogP contribution in [0.25, 0.3) is 16.9 Å². The van der Waals surface area contributed by atoms with Crippen LogP contribution in [0.3, 0.4) is 0 Å². The fourth-order valence-electron chi connectivity index (χ4n) is 2.40. The minimum Gasteiger partial charge on any atom is -0.295 e. The van der Waals surface area contributed by atoms with E-state index in [1.807, 2.05) is 41.8 Å². The number of nitrogens with zero attached hydrogens (tertiary/aromatic N) is 3. The van der Waals surface area contributed by atoms with Crippen LogP contribution in [0, 0.1) is 0 Å². The number of carbonyl (C=O) groups is 1. The van der Waals surface area contributed by atoms with E-state index in [4.69, 9.17) is 0 Å². The second-order valence-electron chi connectivity index (χ2n) is 5.38. The molecule has 0 aliphatic heterocycles. The summed E-state index contributed by atoms with van der Waals surface area (Å²) in [5.41, 5.74) is 1.83. The Labute approximate surface area is 152 Å². The van der Waals surface area contributed by atoms with Crippen molar-refractivity contribution in [2.45, 2.75) is 0 Å². The molecular weight excluding hydrogens is 350 g/mol. The first-order chi connectivity index (χ1) is 12.7. The van der Waals surface area contributed by atoms with Gasteiger partial charge in [-0.2, -0.15) is 4.68 Å². The number of aromatic nitrogens is 4. The average Bonchev–Trinajstić information content (AvgIpc) is 3.30. The van der Waals surface area contributed by atoms with Gasteiger partial charge in [0.05, 0.1) is 11.4 Å². The van der Waals surface area contributed by atoms with E-state index >= 15 is 0 Å². The monoisotopic (exact) mass is 363 g/mol. The molecule has 2 N–H and O–H groups in total. The number of thiazole rings is 1. The summed E-state index contributed by atoms with van der Waals surface area (Å²) >= 11 is 1.31. The maximum atomic E-state index is 12.4. The quantitative estimate of drug-likeness (QED) is 0.583. The molecule has 0 fully saturated rings. The molecule has 8 heteroatoms. The van der Waals surface area contributed by atoms with E-state index in [1.54, 1.807) is 24.3 Å². The van der Waals surface area contributed by atoms with Crippen molar-refractivity contribution in [3.8, 4) is 16.9 Å². The van der Waals surface area contributed by atoms with E-state index in [9.17, 15) is 9.59 Å². The van der Waals surface area contributed by atoms with Gasteiger partial charge >= 0.3 is 5.69 Å². The lowest BCUT2D eigenvalue weighted by Gasteiger charge is -1.98. The number of hydrogen-bond acceptors (Lipinski definition) is 5. The molecule has 128 valence electrons. The molecule has 0 radical (unpaired) electrons. The van der Waals surface area contributed by atoms with Gasteiger partial charge in [0.15, 0.2) is 5.13 Å². The van der Waals surface area contributed by atoms with Crippen LogP contribution in [0.1, 0.15) is 10.6 Å². The van der Waals surface area contributed by atoms with Crippen LogP contribution in [0.4, 0.5) is 5.13 Å². The van der Waals surface area contributed by atoms with Crippen molar-refractivity contribution in [1.82, 2.24) is 19.7 Å². The first-order valence-electron chi connectivity index (χ1n) is 7.78. The van der Waals surface area contributed by atoms with E-state index in [0.717, 1.165) is 15.9 Å². The first kappa shape index (κ1) is 16.0. The van der Waals surface area contributed by atoms with Gasteiger partial charge in [0.2, 0.25) is 5.82 Å². The number of nitrogens with one attached hydrogen (secondary N) is 2. The minimum atomic E-state index is -0.522. The van der Waals surface area contributed by atoms with Gasteiger partial charge in [0.25, 0.3) is 5.91 Å². The van der Waals surface area contributed by atoms with E-state index in [-0.39, 0.29) is 5.82 Å². The fraction of sp³-hybridized carbons (Fsp3) is 0. The van der Waals surface area contributed by atoms with Crippen LogP contribution in [0.15, 0.2) is 70.8 Å². The Hall–Kier alpha value is -3.52. The summed E-state index contributed by atoms with van der Waals surface area (Å²) in [7, 11) is 0. The molecule has 7 nitrogen and oxygen atoms in total. The van der Waals surface area contributed by atoms with Crippen LogP contribution in [0.5, 0.6) is 0 Å². The minimum absolute atomic E-state index is 0.0738. The second kappa shape index (κ2) is 6.77. The molecular formula is C18H13N5O2S. The normalized spacial score (nSPS) is 10.6. The molecule has 0 unspecified atom stereocenters. The third-order valence-electron chi connectivity index (χ3n) is 3.63. The Morgan fingerprint density at radius 2 is 1.73 bits per heavy atom. The van der Waals surface area contributed by atoms with Gasteiger partial charge in [0.1, 0.15) is 0 Å². The van der Waals surface area contributed by atoms with Crippen LogP contribution in [-0.2, 0) is 0 Å². The zero-order valence-electron chi connectivity index (χ0n) is 13.4. The standard InChI is InChI=1S/C18H13N5O2S/c24-16(15-20-18(25)23(22-15)13-9-5-2-6-10-13)21-17-19-14(11-26-17)12-7-3-1-4-8-12/h1-11H,(H,19,21,24)(H,20,22,25). The third-order valence-corrected chi connectivity index (χ3v) is 4.39. The summed E-state index contributed by atoms with van der Waals surface area (Å²) in [5, 5.41) is 9.01.